The fourth-order valence-electron chi connectivity index (χ4n) is 4.53. The monoisotopic (exact) mass is 448 g/mol. The number of hydrogen-bond donors (Lipinski definition) is 0. The second-order valence-electron chi connectivity index (χ2n) is 8.55. The normalized spacial score (nSPS) is 15.2. The van der Waals surface area contributed by atoms with Gasteiger partial charge in [0.15, 0.2) is 5.65 Å². The van der Waals surface area contributed by atoms with E-state index in [1.165, 1.54) is 4.70 Å². The van der Waals surface area contributed by atoms with Crippen LogP contribution in [-0.4, -0.2) is 61.5 Å². The summed E-state index contributed by atoms with van der Waals surface area (Å²) in [5.41, 5.74) is 6.10. The van der Waals surface area contributed by atoms with Crippen LogP contribution >= 0.6 is 11.3 Å². The van der Waals surface area contributed by atoms with Crippen LogP contribution in [0, 0.1) is 20.8 Å². The Morgan fingerprint density at radius 2 is 1.84 bits per heavy atom. The lowest BCUT2D eigenvalue weighted by atomic mass is 10.1. The molecule has 0 atom stereocenters. The van der Waals surface area contributed by atoms with E-state index in [9.17, 15) is 4.79 Å². The Morgan fingerprint density at radius 1 is 1.06 bits per heavy atom. The topological polar surface area (TPSA) is 66.6 Å². The Kier molecular flexibility index (Phi) is 5.65. The lowest BCUT2D eigenvalue weighted by Crippen LogP contribution is -2.48. The van der Waals surface area contributed by atoms with Crippen LogP contribution in [0.15, 0.2) is 30.3 Å². The summed E-state index contributed by atoms with van der Waals surface area (Å²) in [6, 6.07) is 10.3. The van der Waals surface area contributed by atoms with E-state index in [1.54, 1.807) is 11.3 Å². The molecular weight excluding hydrogens is 420 g/mol. The van der Waals surface area contributed by atoms with Crippen LogP contribution in [-0.2, 0) is 17.8 Å². The van der Waals surface area contributed by atoms with E-state index in [0.29, 0.717) is 12.8 Å². The van der Waals surface area contributed by atoms with Crippen molar-refractivity contribution >= 4 is 33.1 Å². The number of thiazole rings is 1. The zero-order valence-corrected chi connectivity index (χ0v) is 19.7. The zero-order valence-electron chi connectivity index (χ0n) is 18.8. The maximum atomic E-state index is 12.9. The molecule has 3 aromatic heterocycles. The summed E-state index contributed by atoms with van der Waals surface area (Å²) in [4.78, 5) is 26.7. The van der Waals surface area contributed by atoms with E-state index < -0.39 is 0 Å². The smallest absolute Gasteiger partial charge is 0.222 e. The second kappa shape index (κ2) is 8.60. The van der Waals surface area contributed by atoms with Crippen molar-refractivity contribution in [1.82, 2.24) is 29.4 Å². The molecule has 0 saturated carbocycles. The molecule has 0 bridgehead atoms. The molecule has 32 heavy (non-hydrogen) atoms. The van der Waals surface area contributed by atoms with Crippen molar-refractivity contribution in [2.45, 2.75) is 40.2 Å². The van der Waals surface area contributed by atoms with Crippen molar-refractivity contribution in [1.29, 1.82) is 0 Å². The Morgan fingerprint density at radius 3 is 2.62 bits per heavy atom. The van der Waals surface area contributed by atoms with Crippen LogP contribution in [0.25, 0.3) is 15.9 Å². The summed E-state index contributed by atoms with van der Waals surface area (Å²) in [6.07, 6.45) is 1.21. The number of carbonyl (C=O) groups excluding carboxylic acids is 1. The van der Waals surface area contributed by atoms with E-state index in [0.717, 1.165) is 71.5 Å². The van der Waals surface area contributed by atoms with Gasteiger partial charge in [0.2, 0.25) is 5.91 Å². The van der Waals surface area contributed by atoms with E-state index in [2.05, 4.69) is 40.1 Å². The molecule has 0 aliphatic carbocycles. The van der Waals surface area contributed by atoms with Gasteiger partial charge in [-0.3, -0.25) is 9.69 Å². The van der Waals surface area contributed by atoms with E-state index in [4.69, 9.17) is 4.98 Å². The highest BCUT2D eigenvalue weighted by atomic mass is 32.1. The number of aromatic nitrogens is 4. The highest BCUT2D eigenvalue weighted by Crippen LogP contribution is 2.23. The fraction of sp³-hybridized carbons (Fsp3) is 0.417. The van der Waals surface area contributed by atoms with Gasteiger partial charge in [-0.1, -0.05) is 12.1 Å². The number of amides is 1. The number of nitrogens with zero attached hydrogens (tertiary/aromatic N) is 6. The molecule has 5 rings (SSSR count). The number of aryl methyl sites for hydroxylation is 3. The Labute approximate surface area is 191 Å². The summed E-state index contributed by atoms with van der Waals surface area (Å²) in [5, 5.41) is 5.68. The van der Waals surface area contributed by atoms with Crippen molar-refractivity contribution in [3.05, 3.63) is 58.0 Å². The largest absolute Gasteiger partial charge is 0.340 e. The first-order chi connectivity index (χ1) is 15.5. The molecule has 0 spiro atoms. The molecule has 4 heterocycles. The molecule has 0 N–H and O–H groups in total. The Bertz CT molecular complexity index is 1250. The predicted molar refractivity (Wildman–Crippen MR) is 127 cm³/mol. The number of hydrogen-bond acceptors (Lipinski definition) is 6. The summed E-state index contributed by atoms with van der Waals surface area (Å²) in [7, 11) is 0. The van der Waals surface area contributed by atoms with Crippen LogP contribution in [0.4, 0.5) is 0 Å². The van der Waals surface area contributed by atoms with Gasteiger partial charge in [-0.2, -0.15) is 5.10 Å². The van der Waals surface area contributed by atoms with Gasteiger partial charge in [-0.25, -0.2) is 14.5 Å². The molecule has 1 saturated heterocycles. The van der Waals surface area contributed by atoms with Gasteiger partial charge in [-0.05, 0) is 44.9 Å². The fourth-order valence-corrected chi connectivity index (χ4v) is 5.54. The molecular formula is C24H28N6OS. The Hall–Kier alpha value is -2.84. The molecule has 8 heteroatoms. The van der Waals surface area contributed by atoms with Crippen molar-refractivity contribution in [3.63, 3.8) is 0 Å². The minimum atomic E-state index is 0.222. The number of carbonyl (C=O) groups is 1. The number of rotatable bonds is 5. The highest BCUT2D eigenvalue weighted by molar-refractivity contribution is 7.18. The lowest BCUT2D eigenvalue weighted by molar-refractivity contribution is -0.133. The third-order valence-corrected chi connectivity index (χ3v) is 7.32. The molecule has 0 radical (unpaired) electrons. The number of piperazine rings is 1. The van der Waals surface area contributed by atoms with Gasteiger partial charge in [0, 0.05) is 50.1 Å². The van der Waals surface area contributed by atoms with Gasteiger partial charge >= 0.3 is 0 Å². The van der Waals surface area contributed by atoms with Crippen LogP contribution in [0.5, 0.6) is 0 Å². The molecule has 4 aromatic rings. The first-order valence-electron chi connectivity index (χ1n) is 11.1. The van der Waals surface area contributed by atoms with Crippen LogP contribution in [0.3, 0.4) is 0 Å². The van der Waals surface area contributed by atoms with Gasteiger partial charge in [0.1, 0.15) is 5.01 Å². The van der Waals surface area contributed by atoms with Gasteiger partial charge in [0.25, 0.3) is 0 Å². The van der Waals surface area contributed by atoms with Gasteiger partial charge < -0.3 is 4.90 Å². The standard InChI is InChI=1S/C24H28N6OS/c1-16-14-22-25-17(2)19(18(3)30(22)27-16)8-9-24(31)29-12-10-28(11-13-29)15-23-26-20-6-4-5-7-21(20)32-23/h4-7,14H,8-13,15H2,1-3H3. The second-order valence-corrected chi connectivity index (χ2v) is 9.66. The molecule has 1 amide bonds. The SMILES string of the molecule is Cc1cc2nc(C)c(CCC(=O)N3CCN(Cc4nc5ccccc5s4)CC3)c(C)n2n1. The zero-order chi connectivity index (χ0) is 22.2. The molecule has 1 aliphatic rings. The summed E-state index contributed by atoms with van der Waals surface area (Å²) < 4.78 is 3.13. The minimum Gasteiger partial charge on any atom is -0.340 e. The van der Waals surface area contributed by atoms with Crippen molar-refractivity contribution in [2.24, 2.45) is 0 Å². The Balaban J connectivity index is 1.17. The summed E-state index contributed by atoms with van der Waals surface area (Å²) >= 11 is 1.76. The van der Waals surface area contributed by atoms with Crippen molar-refractivity contribution in [2.75, 3.05) is 26.2 Å². The van der Waals surface area contributed by atoms with Crippen LogP contribution in [0.2, 0.25) is 0 Å². The van der Waals surface area contributed by atoms with Crippen molar-refractivity contribution in [3.8, 4) is 0 Å². The third kappa shape index (κ3) is 4.12. The van der Waals surface area contributed by atoms with Crippen LogP contribution < -0.4 is 0 Å². The molecule has 1 aromatic carbocycles. The molecule has 7 nitrogen and oxygen atoms in total. The van der Waals surface area contributed by atoms with Crippen molar-refractivity contribution < 1.29 is 4.79 Å². The highest BCUT2D eigenvalue weighted by Gasteiger charge is 2.22. The predicted octanol–water partition coefficient (Wildman–Crippen LogP) is 3.54. The average molecular weight is 449 g/mol. The van der Waals surface area contributed by atoms with Crippen LogP contribution in [0.1, 0.15) is 34.1 Å². The van der Waals surface area contributed by atoms with Gasteiger partial charge in [0.05, 0.1) is 22.5 Å². The van der Waals surface area contributed by atoms with E-state index in [1.807, 2.05) is 35.4 Å². The van der Waals surface area contributed by atoms with E-state index >= 15 is 0 Å². The maximum Gasteiger partial charge on any atom is 0.222 e. The maximum absolute atomic E-state index is 12.9. The summed E-state index contributed by atoms with van der Waals surface area (Å²) in [6.45, 7) is 10.2. The minimum absolute atomic E-state index is 0.222. The number of fused-ring (bicyclic) bond motifs is 2. The molecule has 166 valence electrons. The van der Waals surface area contributed by atoms with Gasteiger partial charge in [-0.15, -0.1) is 11.3 Å². The first kappa shape index (κ1) is 21.0. The quantitative estimate of drug-likeness (QED) is 0.467. The first-order valence-corrected chi connectivity index (χ1v) is 12.0. The molecule has 1 fully saturated rings. The number of benzene rings is 1. The third-order valence-electron chi connectivity index (χ3n) is 6.30. The summed E-state index contributed by atoms with van der Waals surface area (Å²) in [5.74, 6) is 0.222. The average Bonchev–Trinajstić information content (AvgIpc) is 3.36. The van der Waals surface area contributed by atoms with E-state index in [-0.39, 0.29) is 5.91 Å². The molecule has 0 unspecified atom stereocenters. The lowest BCUT2D eigenvalue weighted by Gasteiger charge is -2.34. The number of para-hydroxylation sites is 1. The molecule has 1 aliphatic heterocycles.